The molecule has 0 radical (unpaired) electrons. The molecule has 0 aromatic rings. The van der Waals surface area contributed by atoms with Crippen molar-refractivity contribution in [3.63, 3.8) is 0 Å². The monoisotopic (exact) mass is 161 g/mol. The number of aliphatic imine (C=N–C) groups is 1. The first kappa shape index (κ1) is 16.8. The van der Waals surface area contributed by atoms with Crippen molar-refractivity contribution < 1.29 is 4.74 Å². The van der Waals surface area contributed by atoms with E-state index >= 15 is 0 Å². The van der Waals surface area contributed by atoms with Crippen LogP contribution >= 0.6 is 0 Å². The Morgan fingerprint density at radius 2 is 1.45 bits per heavy atom. The molecule has 0 aliphatic carbocycles. The highest BCUT2D eigenvalue weighted by Crippen LogP contribution is 1.78. The van der Waals surface area contributed by atoms with E-state index in [4.69, 9.17) is 0 Å². The molecule has 1 aliphatic rings. The Balaban J connectivity index is -0.0000000933. The SMILES string of the molecule is C1=NCCO1.CC.CC.CC. The second kappa shape index (κ2) is 34.0. The number of hydrogen-bond acceptors (Lipinski definition) is 2. The molecule has 0 saturated heterocycles. The molecule has 11 heavy (non-hydrogen) atoms. The minimum atomic E-state index is 0.778. The molecule has 2 nitrogen and oxygen atoms in total. The van der Waals surface area contributed by atoms with Gasteiger partial charge in [0.05, 0.1) is 6.54 Å². The summed E-state index contributed by atoms with van der Waals surface area (Å²) in [5.74, 6) is 0. The summed E-state index contributed by atoms with van der Waals surface area (Å²) < 4.78 is 4.65. The van der Waals surface area contributed by atoms with E-state index in [1.807, 2.05) is 41.5 Å². The van der Waals surface area contributed by atoms with Crippen molar-refractivity contribution in [2.75, 3.05) is 13.2 Å². The van der Waals surface area contributed by atoms with Gasteiger partial charge in [0.15, 0.2) is 6.40 Å². The van der Waals surface area contributed by atoms with Crippen molar-refractivity contribution in [1.29, 1.82) is 0 Å². The van der Waals surface area contributed by atoms with Crippen molar-refractivity contribution in [3.05, 3.63) is 0 Å². The summed E-state index contributed by atoms with van der Waals surface area (Å²) in [6.45, 7) is 13.6. The van der Waals surface area contributed by atoms with Crippen molar-refractivity contribution in [3.8, 4) is 0 Å². The molecule has 0 N–H and O–H groups in total. The van der Waals surface area contributed by atoms with Gasteiger partial charge >= 0.3 is 0 Å². The predicted octanol–water partition coefficient (Wildman–Crippen LogP) is 3.12. The molecule has 1 aliphatic heterocycles. The Bertz CT molecular complexity index is 47.5. The van der Waals surface area contributed by atoms with Gasteiger partial charge in [-0.2, -0.15) is 0 Å². The second-order valence-corrected chi connectivity index (χ2v) is 0.882. The fourth-order valence-electron chi connectivity index (χ4n) is 0.264. The van der Waals surface area contributed by atoms with Crippen LogP contribution in [0.15, 0.2) is 4.99 Å². The topological polar surface area (TPSA) is 21.6 Å². The van der Waals surface area contributed by atoms with Crippen LogP contribution in [0.25, 0.3) is 0 Å². The summed E-state index contributed by atoms with van der Waals surface area (Å²) in [5, 5.41) is 0. The summed E-state index contributed by atoms with van der Waals surface area (Å²) in [6, 6.07) is 0. The van der Waals surface area contributed by atoms with Crippen LogP contribution in [0.3, 0.4) is 0 Å². The lowest BCUT2D eigenvalue weighted by Gasteiger charge is -1.76. The van der Waals surface area contributed by atoms with Gasteiger partial charge in [-0.15, -0.1) is 0 Å². The normalized spacial score (nSPS) is 10.4. The average molecular weight is 161 g/mol. The van der Waals surface area contributed by atoms with Crippen LogP contribution in [-0.2, 0) is 4.74 Å². The van der Waals surface area contributed by atoms with E-state index in [9.17, 15) is 0 Å². The fraction of sp³-hybridized carbons (Fsp3) is 0.889. The molecule has 0 aromatic carbocycles. The Labute approximate surface area is 71.7 Å². The van der Waals surface area contributed by atoms with Gasteiger partial charge in [0, 0.05) is 0 Å². The predicted molar refractivity (Wildman–Crippen MR) is 53.4 cm³/mol. The molecule has 0 amide bonds. The molecule has 70 valence electrons. The van der Waals surface area contributed by atoms with Crippen molar-refractivity contribution >= 4 is 6.40 Å². The highest BCUT2D eigenvalue weighted by atomic mass is 16.5. The lowest BCUT2D eigenvalue weighted by Crippen LogP contribution is -1.80. The Morgan fingerprint density at radius 1 is 1.00 bits per heavy atom. The lowest BCUT2D eigenvalue weighted by molar-refractivity contribution is 0.361. The van der Waals surface area contributed by atoms with Gasteiger partial charge in [-0.05, 0) is 0 Å². The summed E-state index contributed by atoms with van der Waals surface area (Å²) in [7, 11) is 0. The van der Waals surface area contributed by atoms with Gasteiger partial charge in [0.2, 0.25) is 0 Å². The van der Waals surface area contributed by atoms with E-state index in [0.29, 0.717) is 0 Å². The zero-order valence-electron chi connectivity index (χ0n) is 8.85. The third-order valence-corrected chi connectivity index (χ3v) is 0.487. The van der Waals surface area contributed by atoms with Gasteiger partial charge in [0.25, 0.3) is 0 Å². The van der Waals surface area contributed by atoms with Crippen LogP contribution in [0.5, 0.6) is 0 Å². The van der Waals surface area contributed by atoms with Gasteiger partial charge in [0.1, 0.15) is 6.61 Å². The van der Waals surface area contributed by atoms with Crippen LogP contribution in [0.1, 0.15) is 41.5 Å². The second-order valence-electron chi connectivity index (χ2n) is 0.882. The average Bonchev–Trinajstić information content (AvgIpc) is 2.71. The maximum Gasteiger partial charge on any atom is 0.169 e. The van der Waals surface area contributed by atoms with Crippen LogP contribution in [-0.4, -0.2) is 19.6 Å². The summed E-state index contributed by atoms with van der Waals surface area (Å²) in [5.41, 5.74) is 0. The smallest absolute Gasteiger partial charge is 0.169 e. The van der Waals surface area contributed by atoms with Crippen LogP contribution in [0.4, 0.5) is 0 Å². The van der Waals surface area contributed by atoms with Crippen LogP contribution in [0.2, 0.25) is 0 Å². The summed E-state index contributed by atoms with van der Waals surface area (Å²) in [4.78, 5) is 3.74. The minimum Gasteiger partial charge on any atom is -0.482 e. The van der Waals surface area contributed by atoms with E-state index in [0.717, 1.165) is 13.2 Å². The lowest BCUT2D eigenvalue weighted by atomic mass is 10.8. The Hall–Kier alpha value is -0.530. The van der Waals surface area contributed by atoms with Crippen LogP contribution in [0, 0.1) is 0 Å². The molecule has 0 bridgehead atoms. The zero-order valence-corrected chi connectivity index (χ0v) is 8.85. The number of ether oxygens (including phenoxy) is 1. The zero-order chi connectivity index (χ0) is 9.54. The van der Waals surface area contributed by atoms with Crippen LogP contribution < -0.4 is 0 Å². The summed E-state index contributed by atoms with van der Waals surface area (Å²) >= 11 is 0. The number of rotatable bonds is 0. The number of hydrogen-bond donors (Lipinski definition) is 0. The highest BCUT2D eigenvalue weighted by molar-refractivity contribution is 5.47. The molecule has 0 fully saturated rings. The summed E-state index contributed by atoms with van der Waals surface area (Å²) in [6.07, 6.45) is 1.49. The molecule has 0 unspecified atom stereocenters. The van der Waals surface area contributed by atoms with E-state index in [2.05, 4.69) is 9.73 Å². The Kier molecular flexibility index (Phi) is 52.0. The van der Waals surface area contributed by atoms with Crippen molar-refractivity contribution in [2.24, 2.45) is 4.99 Å². The standard InChI is InChI=1S/C3H5NO.3C2H6/c1-2-5-3-4-1;3*1-2/h3H,1-2H2;3*1-2H3. The molecule has 0 atom stereocenters. The van der Waals surface area contributed by atoms with Gasteiger partial charge in [-0.3, -0.25) is 4.99 Å². The molecule has 0 spiro atoms. The molecule has 2 heteroatoms. The third-order valence-electron chi connectivity index (χ3n) is 0.487. The molecule has 1 rings (SSSR count). The van der Waals surface area contributed by atoms with E-state index in [-0.39, 0.29) is 0 Å². The molecule has 1 heterocycles. The first-order valence-electron chi connectivity index (χ1n) is 4.60. The molecular formula is C9H23NO. The van der Waals surface area contributed by atoms with Gasteiger partial charge < -0.3 is 4.74 Å². The fourth-order valence-corrected chi connectivity index (χ4v) is 0.264. The molecule has 0 aromatic heterocycles. The largest absolute Gasteiger partial charge is 0.482 e. The van der Waals surface area contributed by atoms with E-state index < -0.39 is 0 Å². The highest BCUT2D eigenvalue weighted by Gasteiger charge is 1.84. The molecule has 0 saturated carbocycles. The maximum atomic E-state index is 4.65. The first-order valence-corrected chi connectivity index (χ1v) is 4.60. The van der Waals surface area contributed by atoms with Crippen molar-refractivity contribution in [2.45, 2.75) is 41.5 Å². The van der Waals surface area contributed by atoms with E-state index in [1.54, 1.807) is 0 Å². The number of nitrogens with zero attached hydrogens (tertiary/aromatic N) is 1. The van der Waals surface area contributed by atoms with Gasteiger partial charge in [-0.1, -0.05) is 41.5 Å². The Morgan fingerprint density at radius 3 is 1.55 bits per heavy atom. The van der Waals surface area contributed by atoms with Gasteiger partial charge in [-0.25, -0.2) is 0 Å². The maximum absolute atomic E-state index is 4.65. The third kappa shape index (κ3) is 26.4. The first-order chi connectivity index (χ1) is 5.50. The van der Waals surface area contributed by atoms with E-state index in [1.165, 1.54) is 6.40 Å². The molecular weight excluding hydrogens is 138 g/mol. The minimum absolute atomic E-state index is 0.778. The quantitative estimate of drug-likeness (QED) is 0.535. The van der Waals surface area contributed by atoms with Crippen molar-refractivity contribution in [1.82, 2.24) is 0 Å².